The first-order valence-corrected chi connectivity index (χ1v) is 15.2. The molecule has 1 aliphatic carbocycles. The van der Waals surface area contributed by atoms with Gasteiger partial charge in [0.25, 0.3) is 0 Å². The molecule has 39 heavy (non-hydrogen) atoms. The summed E-state index contributed by atoms with van der Waals surface area (Å²) in [5.74, 6) is -2.06. The number of unbranched alkanes of at least 4 members (excludes halogenated alkanes) is 3. The molecule has 0 aromatic heterocycles. The minimum atomic E-state index is -1.03. The first-order valence-electron chi connectivity index (χ1n) is 15.2. The fraction of sp³-hybridized carbons (Fsp3) is 0.774. The van der Waals surface area contributed by atoms with Crippen molar-refractivity contribution in [1.29, 1.82) is 0 Å². The lowest BCUT2D eigenvalue weighted by atomic mass is 9.65. The molecule has 5 atom stereocenters. The van der Waals surface area contributed by atoms with Gasteiger partial charge in [-0.1, -0.05) is 38.3 Å². The lowest BCUT2D eigenvalue weighted by Gasteiger charge is -2.41. The van der Waals surface area contributed by atoms with E-state index in [2.05, 4.69) is 13.2 Å². The number of hydrogen-bond acceptors (Lipinski definition) is 6. The molecule has 0 radical (unpaired) electrons. The van der Waals surface area contributed by atoms with Gasteiger partial charge < -0.3 is 24.4 Å². The highest BCUT2D eigenvalue weighted by molar-refractivity contribution is 5.98. The van der Waals surface area contributed by atoms with Gasteiger partial charge in [-0.05, 0) is 64.2 Å². The molecule has 4 aliphatic rings. The molecule has 2 unspecified atom stereocenters. The molecule has 218 valence electrons. The number of carbonyl (C=O) groups is 3. The molecule has 2 amide bonds. The van der Waals surface area contributed by atoms with Crippen molar-refractivity contribution in [3.63, 3.8) is 0 Å². The van der Waals surface area contributed by atoms with E-state index in [4.69, 9.17) is 9.47 Å². The fourth-order valence-electron chi connectivity index (χ4n) is 7.77. The summed E-state index contributed by atoms with van der Waals surface area (Å²) >= 11 is 0. The SMILES string of the molecule is C=CCCCOC(=O)[C@H]1[C@H]2C(=O)N(CCCCCO)C(C(=O)N(CC=C)C3CCCCC3)C23CC[C@]1(CC)O3. The fourth-order valence-corrected chi connectivity index (χ4v) is 7.77. The van der Waals surface area contributed by atoms with Crippen LogP contribution in [0.25, 0.3) is 0 Å². The molecule has 3 heterocycles. The van der Waals surface area contributed by atoms with Crippen LogP contribution in [-0.2, 0) is 23.9 Å². The summed E-state index contributed by atoms with van der Waals surface area (Å²) in [6.07, 6.45) is 14.1. The maximum absolute atomic E-state index is 14.6. The van der Waals surface area contributed by atoms with Gasteiger partial charge >= 0.3 is 5.97 Å². The van der Waals surface area contributed by atoms with Gasteiger partial charge in [-0.25, -0.2) is 0 Å². The highest BCUT2D eigenvalue weighted by Gasteiger charge is 2.79. The van der Waals surface area contributed by atoms with E-state index >= 15 is 0 Å². The van der Waals surface area contributed by atoms with E-state index in [1.54, 1.807) is 17.1 Å². The summed E-state index contributed by atoms with van der Waals surface area (Å²) in [4.78, 5) is 46.0. The standard InChI is InChI=1S/C31H48N2O6/c1-4-7-14-22-38-29(37)25-24-27(35)33(20-12-9-13-21-34)26(31(24)18-17-30(25,6-3)39-31)28(36)32(19-5-2)23-15-10-8-11-16-23/h4-5,23-26,34H,1-2,6-22H2,3H3/t24-,25+,26?,30-,31?/m0/s1. The number of ether oxygens (including phenoxy) is 2. The van der Waals surface area contributed by atoms with Crippen LogP contribution in [0.3, 0.4) is 0 Å². The number of likely N-dealkylation sites (tertiary alicyclic amines) is 1. The quantitative estimate of drug-likeness (QED) is 0.189. The van der Waals surface area contributed by atoms with Crippen LogP contribution in [0.1, 0.15) is 90.4 Å². The van der Waals surface area contributed by atoms with Crippen molar-refractivity contribution in [2.75, 3.05) is 26.3 Å². The Labute approximate surface area is 233 Å². The molecule has 2 bridgehead atoms. The Kier molecular flexibility index (Phi) is 9.92. The maximum Gasteiger partial charge on any atom is 0.312 e. The van der Waals surface area contributed by atoms with Gasteiger partial charge in [-0.3, -0.25) is 14.4 Å². The van der Waals surface area contributed by atoms with Crippen LogP contribution in [0.2, 0.25) is 0 Å². The number of fused-ring (bicyclic) bond motifs is 1. The Morgan fingerprint density at radius 3 is 2.56 bits per heavy atom. The molecular formula is C31H48N2O6. The summed E-state index contributed by atoms with van der Waals surface area (Å²) in [7, 11) is 0. The Bertz CT molecular complexity index is 917. The molecule has 0 aromatic carbocycles. The molecule has 8 heteroatoms. The summed E-state index contributed by atoms with van der Waals surface area (Å²) < 4.78 is 12.6. The van der Waals surface area contributed by atoms with Crippen LogP contribution >= 0.6 is 0 Å². The van der Waals surface area contributed by atoms with E-state index < -0.39 is 29.1 Å². The first-order chi connectivity index (χ1) is 18.9. The molecule has 1 N–H and O–H groups in total. The van der Waals surface area contributed by atoms with E-state index in [1.165, 1.54) is 6.42 Å². The number of hydrogen-bond donors (Lipinski definition) is 1. The van der Waals surface area contributed by atoms with Crippen LogP contribution in [0.4, 0.5) is 0 Å². The average Bonchev–Trinajstić information content (AvgIpc) is 3.56. The van der Waals surface area contributed by atoms with Gasteiger partial charge in [0.05, 0.1) is 18.1 Å². The molecular weight excluding hydrogens is 496 g/mol. The second-order valence-corrected chi connectivity index (χ2v) is 11.8. The van der Waals surface area contributed by atoms with E-state index in [1.807, 2.05) is 11.8 Å². The van der Waals surface area contributed by atoms with Gasteiger partial charge in [0.2, 0.25) is 11.8 Å². The number of carbonyl (C=O) groups excluding carboxylic acids is 3. The number of aliphatic hydroxyl groups excluding tert-OH is 1. The van der Waals surface area contributed by atoms with Crippen LogP contribution in [0.15, 0.2) is 25.3 Å². The predicted molar refractivity (Wildman–Crippen MR) is 149 cm³/mol. The Morgan fingerprint density at radius 1 is 1.13 bits per heavy atom. The van der Waals surface area contributed by atoms with Gasteiger partial charge in [-0.15, -0.1) is 13.2 Å². The molecule has 4 fully saturated rings. The summed E-state index contributed by atoms with van der Waals surface area (Å²) in [5, 5.41) is 9.27. The zero-order chi connectivity index (χ0) is 28.0. The second-order valence-electron chi connectivity index (χ2n) is 11.8. The number of allylic oxidation sites excluding steroid dienone is 1. The third-order valence-electron chi connectivity index (χ3n) is 9.65. The Hall–Kier alpha value is -2.19. The smallest absolute Gasteiger partial charge is 0.312 e. The van der Waals surface area contributed by atoms with Crippen molar-refractivity contribution < 1.29 is 29.0 Å². The predicted octanol–water partition coefficient (Wildman–Crippen LogP) is 4.16. The number of nitrogens with zero attached hydrogens (tertiary/aromatic N) is 2. The van der Waals surface area contributed by atoms with Crippen molar-refractivity contribution in [3.8, 4) is 0 Å². The van der Waals surface area contributed by atoms with Crippen molar-refractivity contribution in [2.45, 2.75) is 114 Å². The monoisotopic (exact) mass is 544 g/mol. The van der Waals surface area contributed by atoms with E-state index in [0.29, 0.717) is 51.6 Å². The lowest BCUT2D eigenvalue weighted by molar-refractivity contribution is -0.162. The van der Waals surface area contributed by atoms with Crippen molar-refractivity contribution >= 4 is 17.8 Å². The zero-order valence-corrected chi connectivity index (χ0v) is 23.8. The van der Waals surface area contributed by atoms with Crippen LogP contribution in [0.5, 0.6) is 0 Å². The first kappa shape index (κ1) is 29.8. The third-order valence-corrected chi connectivity index (χ3v) is 9.65. The van der Waals surface area contributed by atoms with Crippen LogP contribution in [0, 0.1) is 11.8 Å². The third kappa shape index (κ3) is 5.43. The van der Waals surface area contributed by atoms with Crippen LogP contribution < -0.4 is 0 Å². The topological polar surface area (TPSA) is 96.4 Å². The van der Waals surface area contributed by atoms with Gasteiger partial charge in [0, 0.05) is 25.7 Å². The van der Waals surface area contributed by atoms with Gasteiger partial charge in [0.1, 0.15) is 17.6 Å². The van der Waals surface area contributed by atoms with E-state index in [0.717, 1.165) is 38.5 Å². The van der Waals surface area contributed by atoms with Gasteiger partial charge in [-0.2, -0.15) is 0 Å². The van der Waals surface area contributed by atoms with E-state index in [9.17, 15) is 19.5 Å². The second kappa shape index (κ2) is 13.0. The maximum atomic E-state index is 14.6. The van der Waals surface area contributed by atoms with Crippen molar-refractivity contribution in [1.82, 2.24) is 9.80 Å². The lowest BCUT2D eigenvalue weighted by Crippen LogP contribution is -2.58. The normalized spacial score (nSPS) is 31.8. The minimum absolute atomic E-state index is 0.0771. The number of aliphatic hydroxyl groups is 1. The highest BCUT2D eigenvalue weighted by atomic mass is 16.6. The number of esters is 1. The Balaban J connectivity index is 1.68. The van der Waals surface area contributed by atoms with Crippen molar-refractivity contribution in [3.05, 3.63) is 25.3 Å². The summed E-state index contributed by atoms with van der Waals surface area (Å²) in [6.45, 7) is 10.9. The van der Waals surface area contributed by atoms with E-state index in [-0.39, 0.29) is 37.0 Å². The largest absolute Gasteiger partial charge is 0.465 e. The number of rotatable bonds is 15. The molecule has 1 saturated carbocycles. The van der Waals surface area contributed by atoms with Gasteiger partial charge in [0.15, 0.2) is 0 Å². The Morgan fingerprint density at radius 2 is 1.90 bits per heavy atom. The molecule has 3 saturated heterocycles. The molecule has 4 rings (SSSR count). The molecule has 1 spiro atoms. The molecule has 3 aliphatic heterocycles. The zero-order valence-electron chi connectivity index (χ0n) is 23.8. The van der Waals surface area contributed by atoms with Crippen molar-refractivity contribution in [2.24, 2.45) is 11.8 Å². The average molecular weight is 545 g/mol. The van der Waals surface area contributed by atoms with Crippen LogP contribution in [-0.4, -0.2) is 82.3 Å². The summed E-state index contributed by atoms with van der Waals surface area (Å²) in [5.41, 5.74) is -1.81. The molecule has 8 nitrogen and oxygen atoms in total. The highest BCUT2D eigenvalue weighted by Crippen LogP contribution is 2.64. The number of amides is 2. The summed E-state index contributed by atoms with van der Waals surface area (Å²) in [6, 6.07) is -0.645. The minimum Gasteiger partial charge on any atom is -0.465 e. The molecule has 0 aromatic rings.